The average Bonchev–Trinajstić information content (AvgIpc) is 2.04. The molecule has 0 rings (SSSR count). The van der Waals surface area contributed by atoms with E-state index in [4.69, 9.17) is 9.16 Å². The Morgan fingerprint density at radius 2 is 1.92 bits per heavy atom. The van der Waals surface area contributed by atoms with E-state index in [1.807, 2.05) is 6.92 Å². The van der Waals surface area contributed by atoms with Gasteiger partial charge in [-0.05, 0) is 40.0 Å². The van der Waals surface area contributed by atoms with Crippen molar-refractivity contribution in [2.75, 3.05) is 13.2 Å². The van der Waals surface area contributed by atoms with Crippen molar-refractivity contribution in [1.82, 2.24) is 0 Å². The minimum absolute atomic E-state index is 0.0957. The van der Waals surface area contributed by atoms with E-state index in [0.29, 0.717) is 0 Å². The SMILES string of the molecule is CCOCCCCC(C)(C)O[SiH3]. The van der Waals surface area contributed by atoms with Crippen molar-refractivity contribution in [3.05, 3.63) is 0 Å². The highest BCUT2D eigenvalue weighted by Gasteiger charge is 2.13. The van der Waals surface area contributed by atoms with Gasteiger partial charge in [0.1, 0.15) is 10.5 Å². The molecule has 0 aliphatic heterocycles. The van der Waals surface area contributed by atoms with Crippen LogP contribution in [-0.2, 0) is 9.16 Å². The Morgan fingerprint density at radius 3 is 2.42 bits per heavy atom. The zero-order valence-electron chi connectivity index (χ0n) is 8.85. The van der Waals surface area contributed by atoms with Crippen LogP contribution in [0, 0.1) is 0 Å². The maximum absolute atomic E-state index is 5.44. The smallest absolute Gasteiger partial charge is 0.146 e. The Kier molecular flexibility index (Phi) is 6.71. The summed E-state index contributed by atoms with van der Waals surface area (Å²) in [5, 5.41) is 0. The molecule has 2 nitrogen and oxygen atoms in total. The highest BCUT2D eigenvalue weighted by atomic mass is 28.2. The van der Waals surface area contributed by atoms with Crippen LogP contribution in [0.2, 0.25) is 0 Å². The summed E-state index contributed by atoms with van der Waals surface area (Å²) in [6, 6.07) is 0. The molecule has 0 saturated carbocycles. The second kappa shape index (κ2) is 6.63. The molecule has 0 radical (unpaired) electrons. The minimum atomic E-state index is 0.0957. The summed E-state index contributed by atoms with van der Waals surface area (Å²) in [4.78, 5) is 0. The molecule has 0 aromatic carbocycles. The lowest BCUT2D eigenvalue weighted by Gasteiger charge is -2.23. The summed E-state index contributed by atoms with van der Waals surface area (Å²) < 4.78 is 10.7. The van der Waals surface area contributed by atoms with Crippen LogP contribution in [0.25, 0.3) is 0 Å². The lowest BCUT2D eigenvalue weighted by Crippen LogP contribution is -2.22. The maximum atomic E-state index is 5.44. The van der Waals surface area contributed by atoms with Crippen LogP contribution in [0.1, 0.15) is 40.0 Å². The Labute approximate surface area is 79.2 Å². The highest BCUT2D eigenvalue weighted by Crippen LogP contribution is 2.15. The molecule has 0 heterocycles. The van der Waals surface area contributed by atoms with E-state index >= 15 is 0 Å². The van der Waals surface area contributed by atoms with E-state index in [2.05, 4.69) is 13.8 Å². The van der Waals surface area contributed by atoms with Gasteiger partial charge >= 0.3 is 0 Å². The Morgan fingerprint density at radius 1 is 1.25 bits per heavy atom. The van der Waals surface area contributed by atoms with Gasteiger partial charge in [-0.25, -0.2) is 0 Å². The first-order valence-electron chi connectivity index (χ1n) is 4.75. The third-order valence-corrected chi connectivity index (χ3v) is 3.18. The third-order valence-electron chi connectivity index (χ3n) is 2.07. The summed E-state index contributed by atoms with van der Waals surface area (Å²) in [6.07, 6.45) is 3.50. The molecule has 0 saturated heterocycles. The molecular weight excluding hydrogens is 168 g/mol. The van der Waals surface area contributed by atoms with Crippen LogP contribution >= 0.6 is 0 Å². The van der Waals surface area contributed by atoms with Gasteiger partial charge in [-0.1, -0.05) is 0 Å². The van der Waals surface area contributed by atoms with Gasteiger partial charge in [-0.3, -0.25) is 0 Å². The van der Waals surface area contributed by atoms with Gasteiger partial charge in [0.05, 0.1) is 0 Å². The number of ether oxygens (including phenoxy) is 1. The van der Waals surface area contributed by atoms with Crippen LogP contribution in [0.3, 0.4) is 0 Å². The Balaban J connectivity index is 3.19. The van der Waals surface area contributed by atoms with Crippen molar-refractivity contribution < 1.29 is 9.16 Å². The fourth-order valence-electron chi connectivity index (χ4n) is 1.00. The van der Waals surface area contributed by atoms with E-state index < -0.39 is 0 Å². The average molecular weight is 190 g/mol. The van der Waals surface area contributed by atoms with Gasteiger partial charge < -0.3 is 9.16 Å². The predicted octanol–water partition coefficient (Wildman–Crippen LogP) is 1.27. The van der Waals surface area contributed by atoms with Gasteiger partial charge in [-0.2, -0.15) is 0 Å². The lowest BCUT2D eigenvalue weighted by atomic mass is 10.0. The van der Waals surface area contributed by atoms with Gasteiger partial charge in [0.2, 0.25) is 0 Å². The molecule has 0 N–H and O–H groups in total. The van der Waals surface area contributed by atoms with E-state index in [1.54, 1.807) is 0 Å². The normalized spacial score (nSPS) is 12.2. The van der Waals surface area contributed by atoms with Crippen molar-refractivity contribution in [2.45, 2.75) is 45.6 Å². The lowest BCUT2D eigenvalue weighted by molar-refractivity contribution is 0.0989. The molecule has 0 aliphatic carbocycles. The van der Waals surface area contributed by atoms with Crippen molar-refractivity contribution >= 4 is 10.5 Å². The zero-order valence-corrected chi connectivity index (χ0v) is 10.9. The molecule has 3 heteroatoms. The van der Waals surface area contributed by atoms with Crippen LogP contribution in [-0.4, -0.2) is 29.3 Å². The topological polar surface area (TPSA) is 18.5 Å². The predicted molar refractivity (Wildman–Crippen MR) is 55.4 cm³/mol. The van der Waals surface area contributed by atoms with Crippen molar-refractivity contribution in [2.24, 2.45) is 0 Å². The molecule has 12 heavy (non-hydrogen) atoms. The number of hydrogen-bond donors (Lipinski definition) is 0. The van der Waals surface area contributed by atoms with Gasteiger partial charge in [0, 0.05) is 18.8 Å². The summed E-state index contributed by atoms with van der Waals surface area (Å²) in [5.41, 5.74) is 0.0957. The second-order valence-electron chi connectivity index (χ2n) is 3.62. The number of rotatable bonds is 7. The fourth-order valence-corrected chi connectivity index (χ4v) is 1.21. The van der Waals surface area contributed by atoms with Crippen molar-refractivity contribution in [3.8, 4) is 0 Å². The molecule has 0 atom stereocenters. The first-order chi connectivity index (χ1) is 5.62. The summed E-state index contributed by atoms with van der Waals surface area (Å²) in [5.74, 6) is 0. The summed E-state index contributed by atoms with van der Waals surface area (Å²) in [6.45, 7) is 8.07. The molecule has 0 fully saturated rings. The first-order valence-corrected chi connectivity index (χ1v) is 5.57. The molecule has 74 valence electrons. The first kappa shape index (κ1) is 12.1. The molecule has 0 amide bonds. The molecular formula is C9H22O2Si. The molecule has 0 aromatic rings. The number of hydrogen-bond acceptors (Lipinski definition) is 2. The summed E-state index contributed by atoms with van der Waals surface area (Å²) >= 11 is 0. The minimum Gasteiger partial charge on any atom is -0.423 e. The number of unbranched alkanes of at least 4 members (excludes halogenated alkanes) is 1. The highest BCUT2D eigenvalue weighted by molar-refractivity contribution is 5.98. The molecule has 0 aromatic heterocycles. The van der Waals surface area contributed by atoms with E-state index in [9.17, 15) is 0 Å². The Hall–Kier alpha value is 0.137. The van der Waals surface area contributed by atoms with Crippen molar-refractivity contribution in [3.63, 3.8) is 0 Å². The van der Waals surface area contributed by atoms with E-state index in [0.717, 1.165) is 36.5 Å². The van der Waals surface area contributed by atoms with Crippen LogP contribution in [0.15, 0.2) is 0 Å². The quantitative estimate of drug-likeness (QED) is 0.444. The fraction of sp³-hybridized carbons (Fsp3) is 1.00. The maximum Gasteiger partial charge on any atom is 0.146 e. The molecule has 0 unspecified atom stereocenters. The molecule has 0 aliphatic rings. The molecule has 0 spiro atoms. The van der Waals surface area contributed by atoms with Crippen LogP contribution in [0.4, 0.5) is 0 Å². The largest absolute Gasteiger partial charge is 0.423 e. The Bertz CT molecular complexity index is 105. The summed E-state index contributed by atoms with van der Waals surface area (Å²) in [7, 11) is 0.836. The van der Waals surface area contributed by atoms with Gasteiger partial charge in [0.15, 0.2) is 0 Å². The monoisotopic (exact) mass is 190 g/mol. The van der Waals surface area contributed by atoms with E-state index in [-0.39, 0.29) is 5.60 Å². The second-order valence-corrected chi connectivity index (χ2v) is 4.03. The van der Waals surface area contributed by atoms with E-state index in [1.165, 1.54) is 6.42 Å². The molecule has 0 bridgehead atoms. The third kappa shape index (κ3) is 6.82. The van der Waals surface area contributed by atoms with Crippen LogP contribution in [0.5, 0.6) is 0 Å². The van der Waals surface area contributed by atoms with Crippen LogP contribution < -0.4 is 0 Å². The van der Waals surface area contributed by atoms with Crippen molar-refractivity contribution in [1.29, 1.82) is 0 Å². The van der Waals surface area contributed by atoms with Gasteiger partial charge in [-0.15, -0.1) is 0 Å². The van der Waals surface area contributed by atoms with Gasteiger partial charge in [0.25, 0.3) is 0 Å². The standard InChI is InChI=1S/C9H22O2Si/c1-4-10-8-6-5-7-9(2,3)11-12/h4-8H2,1-3,12H3. The zero-order chi connectivity index (χ0) is 9.45.